The molecule has 2 aromatic carbocycles. The Morgan fingerprint density at radius 1 is 1.00 bits per heavy atom. The molecule has 2 rings (SSSR count). The standard InChI is InChI=1S/C21H26N2O4/c1-3-5-14-27-21(25)16-10-12-17(13-11-16)22-15-20(24)23-18-8-6-7-9-19(18)26-4-2/h6-13,22H,3-5,14-15H2,1-2H3,(H,23,24). The van der Waals surface area contributed by atoms with Crippen molar-refractivity contribution in [1.82, 2.24) is 0 Å². The lowest BCUT2D eigenvalue weighted by Crippen LogP contribution is -2.22. The molecule has 6 nitrogen and oxygen atoms in total. The summed E-state index contributed by atoms with van der Waals surface area (Å²) in [6.07, 6.45) is 1.83. The van der Waals surface area contributed by atoms with Gasteiger partial charge in [0.25, 0.3) is 0 Å². The van der Waals surface area contributed by atoms with Crippen molar-refractivity contribution >= 4 is 23.3 Å². The zero-order chi connectivity index (χ0) is 19.5. The summed E-state index contributed by atoms with van der Waals surface area (Å²) in [6.45, 7) is 4.99. The maximum atomic E-state index is 12.2. The molecular weight excluding hydrogens is 344 g/mol. The Bertz CT molecular complexity index is 744. The van der Waals surface area contributed by atoms with E-state index in [0.717, 1.165) is 18.5 Å². The summed E-state index contributed by atoms with van der Waals surface area (Å²) in [6, 6.07) is 14.2. The van der Waals surface area contributed by atoms with E-state index in [1.807, 2.05) is 32.0 Å². The lowest BCUT2D eigenvalue weighted by Gasteiger charge is -2.12. The van der Waals surface area contributed by atoms with E-state index < -0.39 is 0 Å². The molecule has 6 heteroatoms. The smallest absolute Gasteiger partial charge is 0.338 e. The van der Waals surface area contributed by atoms with Crippen LogP contribution in [0.15, 0.2) is 48.5 Å². The molecule has 0 fully saturated rings. The first-order valence-corrected chi connectivity index (χ1v) is 9.16. The SMILES string of the molecule is CCCCOC(=O)c1ccc(NCC(=O)Nc2ccccc2OCC)cc1. The molecule has 27 heavy (non-hydrogen) atoms. The zero-order valence-corrected chi connectivity index (χ0v) is 15.8. The molecule has 0 aliphatic rings. The van der Waals surface area contributed by atoms with E-state index in [1.54, 1.807) is 30.3 Å². The number of anilines is 2. The van der Waals surface area contributed by atoms with Gasteiger partial charge in [0.05, 0.1) is 31.0 Å². The number of hydrogen-bond donors (Lipinski definition) is 2. The predicted octanol–water partition coefficient (Wildman–Crippen LogP) is 4.09. The largest absolute Gasteiger partial charge is 0.492 e. The second-order valence-corrected chi connectivity index (χ2v) is 5.90. The topological polar surface area (TPSA) is 76.7 Å². The number of rotatable bonds is 10. The van der Waals surface area contributed by atoms with Crippen molar-refractivity contribution in [3.8, 4) is 5.75 Å². The van der Waals surface area contributed by atoms with Crippen molar-refractivity contribution in [3.05, 3.63) is 54.1 Å². The number of unbranched alkanes of at least 4 members (excludes halogenated alkanes) is 1. The van der Waals surface area contributed by atoms with Crippen LogP contribution in [0, 0.1) is 0 Å². The quantitative estimate of drug-likeness (QED) is 0.486. The van der Waals surface area contributed by atoms with Gasteiger partial charge in [-0.3, -0.25) is 4.79 Å². The van der Waals surface area contributed by atoms with Gasteiger partial charge in [-0.25, -0.2) is 4.79 Å². The van der Waals surface area contributed by atoms with Crippen LogP contribution in [0.5, 0.6) is 5.75 Å². The van der Waals surface area contributed by atoms with Gasteiger partial charge in [-0.2, -0.15) is 0 Å². The number of carbonyl (C=O) groups is 2. The van der Waals surface area contributed by atoms with E-state index in [9.17, 15) is 9.59 Å². The molecule has 0 saturated carbocycles. The first-order valence-electron chi connectivity index (χ1n) is 9.16. The van der Waals surface area contributed by atoms with E-state index in [4.69, 9.17) is 9.47 Å². The van der Waals surface area contributed by atoms with Crippen LogP contribution in [0.4, 0.5) is 11.4 Å². The minimum atomic E-state index is -0.333. The summed E-state index contributed by atoms with van der Waals surface area (Å²) in [7, 11) is 0. The van der Waals surface area contributed by atoms with Gasteiger partial charge >= 0.3 is 5.97 Å². The first kappa shape index (κ1) is 20.3. The zero-order valence-electron chi connectivity index (χ0n) is 15.8. The van der Waals surface area contributed by atoms with E-state index in [-0.39, 0.29) is 18.4 Å². The number of carbonyl (C=O) groups excluding carboxylic acids is 2. The first-order chi connectivity index (χ1) is 13.1. The molecule has 2 N–H and O–H groups in total. The van der Waals surface area contributed by atoms with Crippen LogP contribution < -0.4 is 15.4 Å². The number of benzene rings is 2. The third-order valence-corrected chi connectivity index (χ3v) is 3.77. The molecule has 0 bridgehead atoms. The van der Waals surface area contributed by atoms with Crippen LogP contribution in [-0.2, 0) is 9.53 Å². The molecule has 0 aliphatic carbocycles. The van der Waals surface area contributed by atoms with Gasteiger partial charge in [0.1, 0.15) is 5.75 Å². The molecule has 0 radical (unpaired) electrons. The van der Waals surface area contributed by atoms with Crippen molar-refractivity contribution in [2.24, 2.45) is 0 Å². The van der Waals surface area contributed by atoms with Gasteiger partial charge in [-0.05, 0) is 49.7 Å². The molecule has 0 spiro atoms. The van der Waals surface area contributed by atoms with E-state index in [1.165, 1.54) is 0 Å². The Balaban J connectivity index is 1.84. The molecule has 0 aliphatic heterocycles. The number of nitrogens with one attached hydrogen (secondary N) is 2. The van der Waals surface area contributed by atoms with Gasteiger partial charge in [-0.1, -0.05) is 25.5 Å². The third-order valence-electron chi connectivity index (χ3n) is 3.77. The van der Waals surface area contributed by atoms with Crippen LogP contribution in [-0.4, -0.2) is 31.6 Å². The van der Waals surface area contributed by atoms with E-state index in [2.05, 4.69) is 10.6 Å². The van der Waals surface area contributed by atoms with Crippen LogP contribution in [0.2, 0.25) is 0 Å². The molecule has 0 atom stereocenters. The lowest BCUT2D eigenvalue weighted by molar-refractivity contribution is -0.114. The molecular formula is C21H26N2O4. The maximum Gasteiger partial charge on any atom is 0.338 e. The number of amides is 1. The number of hydrogen-bond acceptors (Lipinski definition) is 5. The van der Waals surface area contributed by atoms with E-state index >= 15 is 0 Å². The van der Waals surface area contributed by atoms with Gasteiger partial charge in [0, 0.05) is 5.69 Å². The Kier molecular flexibility index (Phi) is 8.16. The Morgan fingerprint density at radius 2 is 1.74 bits per heavy atom. The van der Waals surface area contributed by atoms with Crippen LogP contribution in [0.1, 0.15) is 37.0 Å². The summed E-state index contributed by atoms with van der Waals surface area (Å²) < 4.78 is 10.7. The highest BCUT2D eigenvalue weighted by Crippen LogP contribution is 2.23. The van der Waals surface area contributed by atoms with Crippen LogP contribution in [0.3, 0.4) is 0 Å². The average molecular weight is 370 g/mol. The molecule has 2 aromatic rings. The van der Waals surface area contributed by atoms with Crippen molar-refractivity contribution in [2.75, 3.05) is 30.4 Å². The normalized spacial score (nSPS) is 10.1. The summed E-state index contributed by atoms with van der Waals surface area (Å²) in [5, 5.41) is 5.85. The highest BCUT2D eigenvalue weighted by atomic mass is 16.5. The molecule has 0 unspecified atom stereocenters. The Labute approximate surface area is 159 Å². The van der Waals surface area contributed by atoms with Gasteiger partial charge < -0.3 is 20.1 Å². The molecule has 1 amide bonds. The van der Waals surface area contributed by atoms with Crippen LogP contribution >= 0.6 is 0 Å². The maximum absolute atomic E-state index is 12.2. The summed E-state index contributed by atoms with van der Waals surface area (Å²) >= 11 is 0. The highest BCUT2D eigenvalue weighted by molar-refractivity contribution is 5.95. The highest BCUT2D eigenvalue weighted by Gasteiger charge is 2.09. The minimum Gasteiger partial charge on any atom is -0.492 e. The second-order valence-electron chi connectivity index (χ2n) is 5.90. The summed E-state index contributed by atoms with van der Waals surface area (Å²) in [4.78, 5) is 24.0. The second kappa shape index (κ2) is 10.9. The van der Waals surface area contributed by atoms with Crippen molar-refractivity contribution in [2.45, 2.75) is 26.7 Å². The van der Waals surface area contributed by atoms with Crippen molar-refractivity contribution in [1.29, 1.82) is 0 Å². The summed E-state index contributed by atoms with van der Waals surface area (Å²) in [5.74, 6) is 0.116. The molecule has 144 valence electrons. The van der Waals surface area contributed by atoms with Crippen molar-refractivity contribution < 1.29 is 19.1 Å². The number of ether oxygens (including phenoxy) is 2. The van der Waals surface area contributed by atoms with Crippen molar-refractivity contribution in [3.63, 3.8) is 0 Å². The van der Waals surface area contributed by atoms with Crippen LogP contribution in [0.25, 0.3) is 0 Å². The van der Waals surface area contributed by atoms with E-state index in [0.29, 0.717) is 30.2 Å². The van der Waals surface area contributed by atoms with Gasteiger partial charge in [0.15, 0.2) is 0 Å². The number of para-hydroxylation sites is 2. The summed E-state index contributed by atoms with van der Waals surface area (Å²) in [5.41, 5.74) is 1.87. The molecule has 0 aromatic heterocycles. The Hall–Kier alpha value is -3.02. The lowest BCUT2D eigenvalue weighted by atomic mass is 10.2. The monoisotopic (exact) mass is 370 g/mol. The number of esters is 1. The Morgan fingerprint density at radius 3 is 2.44 bits per heavy atom. The van der Waals surface area contributed by atoms with Gasteiger partial charge in [0.2, 0.25) is 5.91 Å². The predicted molar refractivity (Wildman–Crippen MR) is 106 cm³/mol. The minimum absolute atomic E-state index is 0.0980. The molecule has 0 saturated heterocycles. The van der Waals surface area contributed by atoms with Gasteiger partial charge in [-0.15, -0.1) is 0 Å². The third kappa shape index (κ3) is 6.66. The fourth-order valence-corrected chi connectivity index (χ4v) is 2.34. The fraction of sp³-hybridized carbons (Fsp3) is 0.333. The molecule has 0 heterocycles. The average Bonchev–Trinajstić information content (AvgIpc) is 2.68. The fourth-order valence-electron chi connectivity index (χ4n) is 2.34.